The van der Waals surface area contributed by atoms with Gasteiger partial charge in [0.15, 0.2) is 0 Å². The number of carbonyl (C=O) groups is 1. The first-order chi connectivity index (χ1) is 12.8. The summed E-state index contributed by atoms with van der Waals surface area (Å²) in [5.74, 6) is 0.802. The highest BCUT2D eigenvalue weighted by Crippen LogP contribution is 2.26. The number of amides is 1. The summed E-state index contributed by atoms with van der Waals surface area (Å²) in [4.78, 5) is 14.3. The minimum absolute atomic E-state index is 0.313. The minimum atomic E-state index is 0.313. The molecule has 26 heavy (non-hydrogen) atoms. The van der Waals surface area contributed by atoms with Gasteiger partial charge in [-0.2, -0.15) is 0 Å². The number of hydrogen-bond acceptors (Lipinski definition) is 2. The van der Waals surface area contributed by atoms with Crippen molar-refractivity contribution >= 4 is 5.91 Å². The maximum Gasteiger partial charge on any atom is 0.222 e. The summed E-state index contributed by atoms with van der Waals surface area (Å²) in [6.07, 6.45) is 12.2. The van der Waals surface area contributed by atoms with Crippen LogP contribution in [0.5, 0.6) is 0 Å². The number of rotatable bonds is 8. The molecule has 1 amide bonds. The Morgan fingerprint density at radius 1 is 1.19 bits per heavy atom. The largest absolute Gasteiger partial charge is 0.340 e. The second-order valence-electron chi connectivity index (χ2n) is 6.32. The van der Waals surface area contributed by atoms with Crippen LogP contribution in [-0.2, 0) is 4.79 Å². The lowest BCUT2D eigenvalue weighted by Gasteiger charge is -2.27. The van der Waals surface area contributed by atoms with Gasteiger partial charge in [0.05, 0.1) is 0 Å². The highest BCUT2D eigenvalue weighted by Gasteiger charge is 2.17. The van der Waals surface area contributed by atoms with Crippen LogP contribution in [-0.4, -0.2) is 37.0 Å². The van der Waals surface area contributed by atoms with Crippen LogP contribution >= 0.6 is 0 Å². The van der Waals surface area contributed by atoms with E-state index in [4.69, 9.17) is 0 Å². The summed E-state index contributed by atoms with van der Waals surface area (Å²) in [6.45, 7) is 11.6. The SMILES string of the molecule is C/C=C\C=C/CC(CCCC(=O)N1CCNCC1)c1ccccc1.C=C. The molecule has 1 aliphatic heterocycles. The van der Waals surface area contributed by atoms with Crippen molar-refractivity contribution in [3.05, 3.63) is 73.4 Å². The van der Waals surface area contributed by atoms with Crippen LogP contribution in [0.15, 0.2) is 67.8 Å². The Bertz CT molecular complexity index is 545. The Morgan fingerprint density at radius 3 is 2.54 bits per heavy atom. The molecule has 0 saturated carbocycles. The Morgan fingerprint density at radius 2 is 1.88 bits per heavy atom. The maximum atomic E-state index is 12.3. The summed E-state index contributed by atoms with van der Waals surface area (Å²) in [7, 11) is 0. The van der Waals surface area contributed by atoms with Gasteiger partial charge >= 0.3 is 0 Å². The Hall–Kier alpha value is -2.13. The fourth-order valence-corrected chi connectivity index (χ4v) is 3.15. The second kappa shape index (κ2) is 14.1. The highest BCUT2D eigenvalue weighted by molar-refractivity contribution is 5.76. The van der Waals surface area contributed by atoms with Crippen molar-refractivity contribution in [2.75, 3.05) is 26.2 Å². The second-order valence-corrected chi connectivity index (χ2v) is 6.32. The molecule has 0 aromatic heterocycles. The summed E-state index contributed by atoms with van der Waals surface area (Å²) in [6, 6.07) is 10.7. The third-order valence-electron chi connectivity index (χ3n) is 4.54. The van der Waals surface area contributed by atoms with Crippen molar-refractivity contribution in [3.63, 3.8) is 0 Å². The number of benzene rings is 1. The van der Waals surface area contributed by atoms with Crippen LogP contribution in [0.25, 0.3) is 0 Å². The first-order valence-electron chi connectivity index (χ1n) is 9.62. The molecule has 0 bridgehead atoms. The third-order valence-corrected chi connectivity index (χ3v) is 4.54. The molecule has 0 spiro atoms. The number of carbonyl (C=O) groups excluding carboxylic acids is 1. The van der Waals surface area contributed by atoms with Crippen molar-refractivity contribution in [1.29, 1.82) is 0 Å². The standard InChI is InChI=1S/C21H30N2O.C2H4/c1-2-3-4-6-10-20(19-11-7-5-8-12-19)13-9-14-21(24)23-17-15-22-16-18-23;1-2/h2-8,11-12,20,22H,9-10,13-18H2,1H3;1-2H2/b3-2-,6-4-;. The van der Waals surface area contributed by atoms with Crippen LogP contribution < -0.4 is 5.32 Å². The molecule has 1 aromatic rings. The molecule has 1 aromatic carbocycles. The zero-order valence-electron chi connectivity index (χ0n) is 16.2. The van der Waals surface area contributed by atoms with Crippen molar-refractivity contribution in [3.8, 4) is 0 Å². The number of hydrogen-bond donors (Lipinski definition) is 1. The summed E-state index contributed by atoms with van der Waals surface area (Å²) in [5.41, 5.74) is 1.37. The highest BCUT2D eigenvalue weighted by atomic mass is 16.2. The maximum absolute atomic E-state index is 12.3. The number of piperazine rings is 1. The van der Waals surface area contributed by atoms with E-state index < -0.39 is 0 Å². The molecule has 0 aliphatic carbocycles. The zero-order chi connectivity index (χ0) is 19.0. The molecule has 1 aliphatic rings. The normalized spacial score (nSPS) is 15.7. The van der Waals surface area contributed by atoms with E-state index >= 15 is 0 Å². The van der Waals surface area contributed by atoms with E-state index in [0.29, 0.717) is 18.2 Å². The topological polar surface area (TPSA) is 32.3 Å². The molecule has 1 fully saturated rings. The third kappa shape index (κ3) is 8.30. The predicted molar refractivity (Wildman–Crippen MR) is 112 cm³/mol. The van der Waals surface area contributed by atoms with Gasteiger partial charge in [0, 0.05) is 32.6 Å². The molecular weight excluding hydrogens is 320 g/mol. The van der Waals surface area contributed by atoms with E-state index in [1.807, 2.05) is 17.9 Å². The van der Waals surface area contributed by atoms with Gasteiger partial charge in [-0.25, -0.2) is 0 Å². The molecule has 1 unspecified atom stereocenters. The van der Waals surface area contributed by atoms with E-state index in [9.17, 15) is 4.79 Å². The van der Waals surface area contributed by atoms with E-state index in [2.05, 4.69) is 67.0 Å². The quantitative estimate of drug-likeness (QED) is 0.542. The average Bonchev–Trinajstić information content (AvgIpc) is 2.72. The van der Waals surface area contributed by atoms with Crippen LogP contribution in [0.1, 0.15) is 44.1 Å². The lowest BCUT2D eigenvalue weighted by molar-refractivity contribution is -0.131. The molecule has 3 heteroatoms. The van der Waals surface area contributed by atoms with Crippen LogP contribution in [0, 0.1) is 0 Å². The Kier molecular flexibility index (Phi) is 11.9. The van der Waals surface area contributed by atoms with Gasteiger partial charge in [-0.1, -0.05) is 54.6 Å². The fraction of sp³-hybridized carbons (Fsp3) is 0.435. The van der Waals surface area contributed by atoms with Crippen molar-refractivity contribution in [2.45, 2.75) is 38.5 Å². The minimum Gasteiger partial charge on any atom is -0.340 e. The van der Waals surface area contributed by atoms with Crippen LogP contribution in [0.4, 0.5) is 0 Å². The molecule has 3 nitrogen and oxygen atoms in total. The van der Waals surface area contributed by atoms with Gasteiger partial charge in [-0.15, -0.1) is 13.2 Å². The summed E-state index contributed by atoms with van der Waals surface area (Å²) >= 11 is 0. The van der Waals surface area contributed by atoms with E-state index in [0.717, 1.165) is 45.4 Å². The summed E-state index contributed by atoms with van der Waals surface area (Å²) in [5, 5.41) is 3.29. The summed E-state index contributed by atoms with van der Waals surface area (Å²) < 4.78 is 0. The van der Waals surface area contributed by atoms with Gasteiger partial charge in [0.1, 0.15) is 0 Å². The molecule has 142 valence electrons. The van der Waals surface area contributed by atoms with Gasteiger partial charge in [0.2, 0.25) is 5.91 Å². The van der Waals surface area contributed by atoms with E-state index in [1.54, 1.807) is 0 Å². The van der Waals surface area contributed by atoms with Crippen molar-refractivity contribution < 1.29 is 4.79 Å². The van der Waals surface area contributed by atoms with E-state index in [-0.39, 0.29) is 0 Å². The van der Waals surface area contributed by atoms with E-state index in [1.165, 1.54) is 5.56 Å². The smallest absolute Gasteiger partial charge is 0.222 e. The van der Waals surface area contributed by atoms with Crippen LogP contribution in [0.2, 0.25) is 0 Å². The molecule has 0 radical (unpaired) electrons. The Balaban J connectivity index is 0.00000163. The number of allylic oxidation sites excluding steroid dienone is 4. The lowest BCUT2D eigenvalue weighted by Crippen LogP contribution is -2.46. The molecular formula is C23H34N2O. The number of nitrogens with zero attached hydrogens (tertiary/aromatic N) is 1. The fourth-order valence-electron chi connectivity index (χ4n) is 3.15. The lowest BCUT2D eigenvalue weighted by atomic mass is 9.90. The van der Waals surface area contributed by atoms with Gasteiger partial charge in [-0.3, -0.25) is 4.79 Å². The van der Waals surface area contributed by atoms with Gasteiger partial charge in [-0.05, 0) is 37.7 Å². The molecule has 1 saturated heterocycles. The van der Waals surface area contributed by atoms with Gasteiger partial charge < -0.3 is 10.2 Å². The molecule has 1 atom stereocenters. The zero-order valence-corrected chi connectivity index (χ0v) is 16.2. The molecule has 1 N–H and O–H groups in total. The Labute approximate surface area is 159 Å². The average molecular weight is 355 g/mol. The van der Waals surface area contributed by atoms with Crippen molar-refractivity contribution in [2.24, 2.45) is 0 Å². The first kappa shape index (κ1) is 21.9. The number of nitrogens with one attached hydrogen (secondary N) is 1. The van der Waals surface area contributed by atoms with Gasteiger partial charge in [0.25, 0.3) is 0 Å². The first-order valence-corrected chi connectivity index (χ1v) is 9.62. The predicted octanol–water partition coefficient (Wildman–Crippen LogP) is 4.70. The van der Waals surface area contributed by atoms with Crippen LogP contribution in [0.3, 0.4) is 0 Å². The monoisotopic (exact) mass is 354 g/mol. The van der Waals surface area contributed by atoms with Crippen molar-refractivity contribution in [1.82, 2.24) is 10.2 Å². The molecule has 1 heterocycles. The molecule has 2 rings (SSSR count).